The molecule has 1 heterocycles. The predicted molar refractivity (Wildman–Crippen MR) is 75.1 cm³/mol. The van der Waals surface area contributed by atoms with Gasteiger partial charge >= 0.3 is 6.18 Å². The first-order valence-electron chi connectivity index (χ1n) is 7.06. The maximum Gasteiger partial charge on any atom is 0.417 e. The number of halogens is 3. The van der Waals surface area contributed by atoms with E-state index in [1.54, 1.807) is 12.1 Å². The smallest absolute Gasteiger partial charge is 0.368 e. The molecule has 0 aromatic heterocycles. The van der Waals surface area contributed by atoms with Crippen LogP contribution in [0, 0.1) is 11.3 Å². The van der Waals surface area contributed by atoms with Gasteiger partial charge in [-0.2, -0.15) is 18.4 Å². The molecular formula is C15H18F3N3. The van der Waals surface area contributed by atoms with E-state index in [2.05, 4.69) is 5.32 Å². The van der Waals surface area contributed by atoms with Gasteiger partial charge in [0, 0.05) is 24.8 Å². The number of hydrogen-bond acceptors (Lipinski definition) is 3. The lowest BCUT2D eigenvalue weighted by atomic mass is 10.0. The zero-order chi connectivity index (χ0) is 15.5. The molecule has 21 heavy (non-hydrogen) atoms. The van der Waals surface area contributed by atoms with Crippen LogP contribution in [0.4, 0.5) is 18.9 Å². The van der Waals surface area contributed by atoms with Gasteiger partial charge in [0.1, 0.15) is 0 Å². The van der Waals surface area contributed by atoms with Crippen molar-refractivity contribution in [2.45, 2.75) is 32.0 Å². The minimum Gasteiger partial charge on any atom is -0.368 e. The molecular weight excluding hydrogens is 279 g/mol. The average molecular weight is 297 g/mol. The van der Waals surface area contributed by atoms with Gasteiger partial charge in [-0.25, -0.2) is 0 Å². The van der Waals surface area contributed by atoms with Crippen molar-refractivity contribution in [2.75, 3.05) is 24.5 Å². The molecule has 1 aromatic carbocycles. The number of rotatable bonds is 3. The van der Waals surface area contributed by atoms with Gasteiger partial charge in [-0.05, 0) is 44.5 Å². The third-order valence-electron chi connectivity index (χ3n) is 3.81. The van der Waals surface area contributed by atoms with Crippen molar-refractivity contribution in [3.05, 3.63) is 29.3 Å². The Kier molecular flexibility index (Phi) is 4.73. The van der Waals surface area contributed by atoms with E-state index in [1.165, 1.54) is 6.07 Å². The van der Waals surface area contributed by atoms with Crippen molar-refractivity contribution in [1.82, 2.24) is 5.32 Å². The second kappa shape index (κ2) is 6.35. The highest BCUT2D eigenvalue weighted by molar-refractivity contribution is 5.55. The first kappa shape index (κ1) is 15.6. The summed E-state index contributed by atoms with van der Waals surface area (Å²) in [5.41, 5.74) is -0.661. The fraction of sp³-hybridized carbons (Fsp3) is 0.533. The Labute approximate surface area is 122 Å². The molecule has 1 unspecified atom stereocenters. The van der Waals surface area contributed by atoms with Crippen LogP contribution in [0.1, 0.15) is 30.9 Å². The van der Waals surface area contributed by atoms with E-state index in [4.69, 9.17) is 5.26 Å². The van der Waals surface area contributed by atoms with Crippen molar-refractivity contribution in [3.8, 4) is 6.07 Å². The molecule has 0 spiro atoms. The molecule has 1 fully saturated rings. The van der Waals surface area contributed by atoms with Crippen molar-refractivity contribution >= 4 is 5.69 Å². The quantitative estimate of drug-likeness (QED) is 0.931. The normalized spacial score (nSPS) is 19.1. The van der Waals surface area contributed by atoms with E-state index in [0.29, 0.717) is 12.2 Å². The van der Waals surface area contributed by atoms with Crippen LogP contribution in [-0.4, -0.2) is 25.7 Å². The number of likely N-dealkylation sites (N-methyl/N-ethyl adjacent to an activating group) is 1. The van der Waals surface area contributed by atoms with E-state index in [-0.39, 0.29) is 11.6 Å². The van der Waals surface area contributed by atoms with Crippen LogP contribution in [-0.2, 0) is 6.18 Å². The number of nitrogens with zero attached hydrogens (tertiary/aromatic N) is 2. The maximum atomic E-state index is 13.0. The van der Waals surface area contributed by atoms with Gasteiger partial charge in [0.25, 0.3) is 0 Å². The second-order valence-electron chi connectivity index (χ2n) is 5.13. The Hall–Kier alpha value is -1.74. The number of alkyl halides is 3. The standard InChI is InChI=1S/C15H18F3N3/c1-2-21(13-4-3-7-20-10-13)12-6-5-11(9-19)14(8-12)15(16,17)18/h5-6,8,13,20H,2-4,7,10H2,1H3. The molecule has 0 radical (unpaired) electrons. The first-order valence-corrected chi connectivity index (χ1v) is 7.06. The van der Waals surface area contributed by atoms with E-state index in [0.717, 1.165) is 32.0 Å². The molecule has 0 aliphatic carbocycles. The summed E-state index contributed by atoms with van der Waals surface area (Å²) in [6.07, 6.45) is -2.53. The summed E-state index contributed by atoms with van der Waals surface area (Å²) in [5.74, 6) is 0. The molecule has 1 aromatic rings. The number of anilines is 1. The fourth-order valence-electron chi connectivity index (χ4n) is 2.79. The first-order chi connectivity index (χ1) is 9.97. The largest absolute Gasteiger partial charge is 0.417 e. The Morgan fingerprint density at radius 2 is 2.19 bits per heavy atom. The van der Waals surface area contributed by atoms with E-state index in [1.807, 2.05) is 11.8 Å². The minimum atomic E-state index is -4.51. The molecule has 6 heteroatoms. The number of piperidine rings is 1. The molecule has 0 bridgehead atoms. The highest BCUT2D eigenvalue weighted by Crippen LogP contribution is 2.35. The summed E-state index contributed by atoms with van der Waals surface area (Å²) in [4.78, 5) is 1.97. The lowest BCUT2D eigenvalue weighted by Gasteiger charge is -2.36. The van der Waals surface area contributed by atoms with Gasteiger partial charge in [-0.1, -0.05) is 0 Å². The summed E-state index contributed by atoms with van der Waals surface area (Å²) in [6.45, 7) is 4.29. The topological polar surface area (TPSA) is 39.1 Å². The van der Waals surface area contributed by atoms with Crippen molar-refractivity contribution in [2.24, 2.45) is 0 Å². The van der Waals surface area contributed by atoms with Crippen LogP contribution in [0.3, 0.4) is 0 Å². The molecule has 1 aliphatic rings. The highest BCUT2D eigenvalue weighted by Gasteiger charge is 2.34. The predicted octanol–water partition coefficient (Wildman–Crippen LogP) is 3.16. The SMILES string of the molecule is CCN(c1ccc(C#N)c(C(F)(F)F)c1)C1CCCNC1. The lowest BCUT2D eigenvalue weighted by molar-refractivity contribution is -0.137. The number of nitrogens with one attached hydrogen (secondary N) is 1. The molecule has 0 saturated carbocycles. The summed E-state index contributed by atoms with van der Waals surface area (Å²) in [6, 6.07) is 5.77. The average Bonchev–Trinajstić information content (AvgIpc) is 2.48. The Bertz CT molecular complexity index is 528. The van der Waals surface area contributed by atoms with Crippen LogP contribution < -0.4 is 10.2 Å². The molecule has 1 saturated heterocycles. The Morgan fingerprint density at radius 3 is 2.71 bits per heavy atom. The van der Waals surface area contributed by atoms with Gasteiger partial charge in [0.2, 0.25) is 0 Å². The lowest BCUT2D eigenvalue weighted by Crippen LogP contribution is -2.46. The maximum absolute atomic E-state index is 13.0. The van der Waals surface area contributed by atoms with Gasteiger partial charge in [-0.3, -0.25) is 0 Å². The zero-order valence-corrected chi connectivity index (χ0v) is 11.9. The summed E-state index contributed by atoms with van der Waals surface area (Å²) >= 11 is 0. The van der Waals surface area contributed by atoms with E-state index >= 15 is 0 Å². The third kappa shape index (κ3) is 3.48. The van der Waals surface area contributed by atoms with Crippen molar-refractivity contribution in [1.29, 1.82) is 5.26 Å². The third-order valence-corrected chi connectivity index (χ3v) is 3.81. The summed E-state index contributed by atoms with van der Waals surface area (Å²) < 4.78 is 39.1. The zero-order valence-electron chi connectivity index (χ0n) is 11.9. The second-order valence-corrected chi connectivity index (χ2v) is 5.13. The number of nitriles is 1. The summed E-state index contributed by atoms with van der Waals surface area (Å²) in [7, 11) is 0. The van der Waals surface area contributed by atoms with Crippen LogP contribution in [0.25, 0.3) is 0 Å². The molecule has 1 aliphatic heterocycles. The molecule has 114 valence electrons. The Balaban J connectivity index is 2.36. The van der Waals surface area contributed by atoms with Gasteiger partial charge in [0.15, 0.2) is 0 Å². The van der Waals surface area contributed by atoms with E-state index < -0.39 is 11.7 Å². The molecule has 3 nitrogen and oxygen atoms in total. The van der Waals surface area contributed by atoms with Crippen LogP contribution in [0.15, 0.2) is 18.2 Å². The Morgan fingerprint density at radius 1 is 1.43 bits per heavy atom. The monoisotopic (exact) mass is 297 g/mol. The van der Waals surface area contributed by atoms with Crippen LogP contribution in [0.5, 0.6) is 0 Å². The van der Waals surface area contributed by atoms with Crippen LogP contribution >= 0.6 is 0 Å². The highest BCUT2D eigenvalue weighted by atomic mass is 19.4. The summed E-state index contributed by atoms with van der Waals surface area (Å²) in [5, 5.41) is 12.1. The van der Waals surface area contributed by atoms with Gasteiger partial charge < -0.3 is 10.2 Å². The molecule has 0 amide bonds. The van der Waals surface area contributed by atoms with Crippen molar-refractivity contribution < 1.29 is 13.2 Å². The van der Waals surface area contributed by atoms with E-state index in [9.17, 15) is 13.2 Å². The fourth-order valence-corrected chi connectivity index (χ4v) is 2.79. The molecule has 1 atom stereocenters. The number of benzene rings is 1. The minimum absolute atomic E-state index is 0.192. The van der Waals surface area contributed by atoms with Gasteiger partial charge in [-0.15, -0.1) is 0 Å². The molecule has 1 N–H and O–H groups in total. The number of hydrogen-bond donors (Lipinski definition) is 1. The van der Waals surface area contributed by atoms with Gasteiger partial charge in [0.05, 0.1) is 17.2 Å². The van der Waals surface area contributed by atoms with Crippen LogP contribution in [0.2, 0.25) is 0 Å². The molecule has 2 rings (SSSR count). The van der Waals surface area contributed by atoms with Crippen molar-refractivity contribution in [3.63, 3.8) is 0 Å².